The maximum Gasteiger partial charge on any atom is 0.220 e. The Morgan fingerprint density at radius 1 is 1.00 bits per heavy atom. The second-order valence-corrected chi connectivity index (χ2v) is 8.21. The van der Waals surface area contributed by atoms with Gasteiger partial charge in [-0.05, 0) is 55.0 Å². The number of furan rings is 1. The Balaban J connectivity index is 1.21. The van der Waals surface area contributed by atoms with Gasteiger partial charge in [-0.1, -0.05) is 54.6 Å². The third-order valence-corrected chi connectivity index (χ3v) is 5.84. The van der Waals surface area contributed by atoms with E-state index < -0.39 is 0 Å². The van der Waals surface area contributed by atoms with Gasteiger partial charge in [0, 0.05) is 31.6 Å². The molecule has 1 fully saturated rings. The van der Waals surface area contributed by atoms with E-state index in [2.05, 4.69) is 46.6 Å². The Morgan fingerprint density at radius 3 is 2.60 bits per heavy atom. The summed E-state index contributed by atoms with van der Waals surface area (Å²) in [5.41, 5.74) is 3.64. The van der Waals surface area contributed by atoms with Crippen LogP contribution < -0.4 is 5.32 Å². The number of hydrogen-bond donors (Lipinski definition) is 1. The molecule has 4 heteroatoms. The first-order valence-corrected chi connectivity index (χ1v) is 10.9. The molecule has 3 aromatic rings. The van der Waals surface area contributed by atoms with Crippen molar-refractivity contribution in [1.82, 2.24) is 10.2 Å². The number of nitrogens with zero attached hydrogens (tertiary/aromatic N) is 1. The first-order valence-electron chi connectivity index (χ1n) is 10.9. The number of nitrogens with one attached hydrogen (secondary N) is 1. The van der Waals surface area contributed by atoms with Crippen LogP contribution in [0.3, 0.4) is 0 Å². The summed E-state index contributed by atoms with van der Waals surface area (Å²) in [7, 11) is 0. The summed E-state index contributed by atoms with van der Waals surface area (Å²) in [6, 6.07) is 22.7. The van der Waals surface area contributed by atoms with E-state index in [0.29, 0.717) is 12.3 Å². The molecule has 0 spiro atoms. The fourth-order valence-electron chi connectivity index (χ4n) is 4.19. The highest BCUT2D eigenvalue weighted by Gasteiger charge is 2.20. The van der Waals surface area contributed by atoms with Crippen LogP contribution in [0.2, 0.25) is 0 Å². The molecule has 1 unspecified atom stereocenters. The van der Waals surface area contributed by atoms with Gasteiger partial charge < -0.3 is 9.73 Å². The molecule has 156 valence electrons. The fraction of sp³-hybridized carbons (Fsp3) is 0.346. The molecular weight excluding hydrogens is 372 g/mol. The van der Waals surface area contributed by atoms with Crippen molar-refractivity contribution in [3.05, 3.63) is 84.1 Å². The highest BCUT2D eigenvalue weighted by atomic mass is 16.3. The van der Waals surface area contributed by atoms with Gasteiger partial charge >= 0.3 is 0 Å². The molecule has 1 aromatic heterocycles. The molecule has 0 aliphatic carbocycles. The molecule has 4 nitrogen and oxygen atoms in total. The Morgan fingerprint density at radius 2 is 1.83 bits per heavy atom. The van der Waals surface area contributed by atoms with Gasteiger partial charge in [-0.2, -0.15) is 0 Å². The Hall–Kier alpha value is -2.85. The molecule has 2 aromatic carbocycles. The van der Waals surface area contributed by atoms with Gasteiger partial charge in [-0.3, -0.25) is 9.69 Å². The van der Waals surface area contributed by atoms with Crippen molar-refractivity contribution in [2.45, 2.75) is 32.2 Å². The monoisotopic (exact) mass is 402 g/mol. The second-order valence-electron chi connectivity index (χ2n) is 8.21. The van der Waals surface area contributed by atoms with Crippen molar-refractivity contribution in [2.24, 2.45) is 5.92 Å². The molecular formula is C26H30N2O2. The zero-order chi connectivity index (χ0) is 20.6. The number of carbonyl (C=O) groups excluding carboxylic acids is 1. The summed E-state index contributed by atoms with van der Waals surface area (Å²) < 4.78 is 5.47. The minimum absolute atomic E-state index is 0.157. The normalized spacial score (nSPS) is 17.0. The summed E-state index contributed by atoms with van der Waals surface area (Å²) in [4.78, 5) is 14.7. The molecule has 1 aliphatic heterocycles. The number of benzene rings is 2. The SMILES string of the molecule is O=C(CCc1ccccc1)NCC1CCCN(Cc2ccc(-c3ccco3)cc2)C1. The van der Waals surface area contributed by atoms with E-state index in [9.17, 15) is 4.79 Å². The van der Waals surface area contributed by atoms with Crippen LogP contribution in [-0.4, -0.2) is 30.4 Å². The Bertz CT molecular complexity index is 904. The van der Waals surface area contributed by atoms with Gasteiger partial charge in [0.05, 0.1) is 6.26 Å². The lowest BCUT2D eigenvalue weighted by atomic mass is 9.97. The number of piperidine rings is 1. The van der Waals surface area contributed by atoms with E-state index in [1.807, 2.05) is 30.3 Å². The van der Waals surface area contributed by atoms with E-state index in [0.717, 1.165) is 43.9 Å². The first kappa shape index (κ1) is 20.4. The van der Waals surface area contributed by atoms with Gasteiger partial charge in [0.2, 0.25) is 5.91 Å². The molecule has 2 heterocycles. The highest BCUT2D eigenvalue weighted by molar-refractivity contribution is 5.76. The van der Waals surface area contributed by atoms with Gasteiger partial charge in [0.1, 0.15) is 5.76 Å². The summed E-state index contributed by atoms with van der Waals surface area (Å²) in [5, 5.41) is 3.15. The maximum atomic E-state index is 12.2. The molecule has 1 N–H and O–H groups in total. The molecule has 30 heavy (non-hydrogen) atoms. The lowest BCUT2D eigenvalue weighted by Gasteiger charge is -2.33. The lowest BCUT2D eigenvalue weighted by Crippen LogP contribution is -2.40. The van der Waals surface area contributed by atoms with Crippen molar-refractivity contribution in [3.8, 4) is 11.3 Å². The molecule has 0 saturated carbocycles. The van der Waals surface area contributed by atoms with Crippen LogP contribution in [0.4, 0.5) is 0 Å². The van der Waals surface area contributed by atoms with Crippen LogP contribution >= 0.6 is 0 Å². The largest absolute Gasteiger partial charge is 0.464 e. The first-order chi connectivity index (χ1) is 14.8. The summed E-state index contributed by atoms with van der Waals surface area (Å²) >= 11 is 0. The van der Waals surface area contributed by atoms with Crippen molar-refractivity contribution in [2.75, 3.05) is 19.6 Å². The topological polar surface area (TPSA) is 45.5 Å². The van der Waals surface area contributed by atoms with Crippen molar-refractivity contribution in [1.29, 1.82) is 0 Å². The lowest BCUT2D eigenvalue weighted by molar-refractivity contribution is -0.121. The van der Waals surface area contributed by atoms with Crippen LogP contribution in [0.25, 0.3) is 11.3 Å². The number of carbonyl (C=O) groups is 1. The maximum absolute atomic E-state index is 12.2. The molecule has 0 radical (unpaired) electrons. The molecule has 0 bridgehead atoms. The average Bonchev–Trinajstić information content (AvgIpc) is 3.33. The summed E-state index contributed by atoms with van der Waals surface area (Å²) in [6.07, 6.45) is 5.44. The standard InChI is InChI=1S/C26H30N2O2/c29-26(15-12-21-6-2-1-3-7-21)27-18-23-8-4-16-28(20-23)19-22-10-13-24(14-11-22)25-9-5-17-30-25/h1-3,5-7,9-11,13-14,17,23H,4,8,12,15-16,18-20H2,(H,27,29). The predicted molar refractivity (Wildman–Crippen MR) is 120 cm³/mol. The van der Waals surface area contributed by atoms with E-state index in [1.54, 1.807) is 6.26 Å². The molecule has 1 amide bonds. The number of rotatable bonds is 8. The third kappa shape index (κ3) is 5.83. The van der Waals surface area contributed by atoms with Crippen LogP contribution in [-0.2, 0) is 17.8 Å². The van der Waals surface area contributed by atoms with E-state index >= 15 is 0 Å². The predicted octanol–water partition coefficient (Wildman–Crippen LogP) is 4.91. The second kappa shape index (κ2) is 10.3. The summed E-state index contributed by atoms with van der Waals surface area (Å²) in [6.45, 7) is 3.90. The smallest absolute Gasteiger partial charge is 0.220 e. The van der Waals surface area contributed by atoms with Crippen LogP contribution in [0, 0.1) is 5.92 Å². The van der Waals surface area contributed by atoms with Crippen LogP contribution in [0.15, 0.2) is 77.4 Å². The fourth-order valence-corrected chi connectivity index (χ4v) is 4.19. The van der Waals surface area contributed by atoms with E-state index in [4.69, 9.17) is 4.42 Å². The molecule has 1 atom stereocenters. The van der Waals surface area contributed by atoms with Gasteiger partial charge in [0.25, 0.3) is 0 Å². The number of aryl methyl sites for hydroxylation is 1. The van der Waals surface area contributed by atoms with Crippen molar-refractivity contribution in [3.63, 3.8) is 0 Å². The minimum Gasteiger partial charge on any atom is -0.464 e. The molecule has 1 saturated heterocycles. The number of likely N-dealkylation sites (tertiary alicyclic amines) is 1. The third-order valence-electron chi connectivity index (χ3n) is 5.84. The van der Waals surface area contributed by atoms with Crippen molar-refractivity contribution >= 4 is 5.91 Å². The average molecular weight is 403 g/mol. The van der Waals surface area contributed by atoms with Crippen LogP contribution in [0.1, 0.15) is 30.4 Å². The van der Waals surface area contributed by atoms with E-state index in [-0.39, 0.29) is 5.91 Å². The zero-order valence-electron chi connectivity index (χ0n) is 17.4. The Kier molecular flexibility index (Phi) is 6.99. The van der Waals surface area contributed by atoms with Gasteiger partial charge in [-0.15, -0.1) is 0 Å². The van der Waals surface area contributed by atoms with Crippen molar-refractivity contribution < 1.29 is 9.21 Å². The highest BCUT2D eigenvalue weighted by Crippen LogP contribution is 2.22. The van der Waals surface area contributed by atoms with Gasteiger partial charge in [0.15, 0.2) is 0 Å². The minimum atomic E-state index is 0.157. The molecule has 4 rings (SSSR count). The zero-order valence-corrected chi connectivity index (χ0v) is 17.4. The van der Waals surface area contributed by atoms with E-state index in [1.165, 1.54) is 24.0 Å². The van der Waals surface area contributed by atoms with Gasteiger partial charge in [-0.25, -0.2) is 0 Å². The van der Waals surface area contributed by atoms with Crippen LogP contribution in [0.5, 0.6) is 0 Å². The molecule has 1 aliphatic rings. The number of hydrogen-bond acceptors (Lipinski definition) is 3. The number of amides is 1. The summed E-state index contributed by atoms with van der Waals surface area (Å²) in [5.74, 6) is 1.59. The quantitative estimate of drug-likeness (QED) is 0.582. The Labute approximate surface area is 178 Å².